The van der Waals surface area contributed by atoms with Gasteiger partial charge in [0.15, 0.2) is 0 Å². The van der Waals surface area contributed by atoms with Crippen LogP contribution in [0.5, 0.6) is 0 Å². The molecule has 4 rings (SSSR count). The molecule has 0 bridgehead atoms. The monoisotopic (exact) mass is 371 g/mol. The number of carbonyl (C=O) groups excluding carboxylic acids is 1. The van der Waals surface area contributed by atoms with Crippen molar-refractivity contribution in [3.05, 3.63) is 64.6 Å². The maximum Gasteiger partial charge on any atom is 0.256 e. The van der Waals surface area contributed by atoms with E-state index in [2.05, 4.69) is 15.0 Å². The molecule has 1 aromatic heterocycles. The van der Waals surface area contributed by atoms with Gasteiger partial charge >= 0.3 is 0 Å². The van der Waals surface area contributed by atoms with E-state index in [1.807, 2.05) is 54.2 Å². The molecule has 0 aliphatic carbocycles. The SMILES string of the molecule is O=C1Nc2cc(NSCc3cncs3)ccc2Sc2ccccc21. The van der Waals surface area contributed by atoms with Crippen LogP contribution in [-0.4, -0.2) is 10.9 Å². The lowest BCUT2D eigenvalue weighted by Gasteiger charge is -2.10. The third-order valence-electron chi connectivity index (χ3n) is 3.47. The summed E-state index contributed by atoms with van der Waals surface area (Å²) in [5.41, 5.74) is 4.36. The molecule has 0 unspecified atom stereocenters. The molecule has 0 saturated carbocycles. The summed E-state index contributed by atoms with van der Waals surface area (Å²) >= 11 is 4.87. The second kappa shape index (κ2) is 6.88. The summed E-state index contributed by atoms with van der Waals surface area (Å²) in [4.78, 5) is 19.7. The van der Waals surface area contributed by atoms with Gasteiger partial charge in [0.2, 0.25) is 0 Å². The molecule has 0 fully saturated rings. The Morgan fingerprint density at radius 1 is 1.17 bits per heavy atom. The Morgan fingerprint density at radius 2 is 2.08 bits per heavy atom. The van der Waals surface area contributed by atoms with Gasteiger partial charge in [0.25, 0.3) is 5.91 Å². The summed E-state index contributed by atoms with van der Waals surface area (Å²) in [6.45, 7) is 0. The summed E-state index contributed by atoms with van der Waals surface area (Å²) in [6, 6.07) is 13.7. The highest BCUT2D eigenvalue weighted by Crippen LogP contribution is 2.40. The summed E-state index contributed by atoms with van der Waals surface area (Å²) in [7, 11) is 0. The van der Waals surface area contributed by atoms with Crippen LogP contribution in [0.1, 0.15) is 15.2 Å². The zero-order valence-electron chi connectivity index (χ0n) is 12.5. The van der Waals surface area contributed by atoms with Crippen LogP contribution >= 0.6 is 35.0 Å². The first-order valence-electron chi connectivity index (χ1n) is 7.27. The Labute approximate surface area is 152 Å². The predicted molar refractivity (Wildman–Crippen MR) is 102 cm³/mol. The van der Waals surface area contributed by atoms with Crippen molar-refractivity contribution < 1.29 is 4.79 Å². The Morgan fingerprint density at radius 3 is 2.96 bits per heavy atom. The summed E-state index contributed by atoms with van der Waals surface area (Å²) in [5.74, 6) is 0.792. The maximum absolute atomic E-state index is 12.4. The largest absolute Gasteiger partial charge is 0.329 e. The number of nitrogens with zero attached hydrogens (tertiary/aromatic N) is 1. The van der Waals surface area contributed by atoms with Crippen LogP contribution in [0.4, 0.5) is 11.4 Å². The van der Waals surface area contributed by atoms with Gasteiger partial charge in [0.05, 0.1) is 16.8 Å². The highest BCUT2D eigenvalue weighted by Gasteiger charge is 2.19. The fourth-order valence-electron chi connectivity index (χ4n) is 2.34. The minimum atomic E-state index is -0.0636. The topological polar surface area (TPSA) is 54.0 Å². The number of hydrogen-bond donors (Lipinski definition) is 2. The minimum absolute atomic E-state index is 0.0636. The van der Waals surface area contributed by atoms with Gasteiger partial charge in [0, 0.05) is 32.3 Å². The molecule has 120 valence electrons. The molecule has 2 N–H and O–H groups in total. The lowest BCUT2D eigenvalue weighted by molar-refractivity contribution is 0.102. The van der Waals surface area contributed by atoms with Gasteiger partial charge in [-0.25, -0.2) is 0 Å². The van der Waals surface area contributed by atoms with Crippen LogP contribution < -0.4 is 10.0 Å². The van der Waals surface area contributed by atoms with Crippen LogP contribution in [-0.2, 0) is 5.75 Å². The number of hydrogen-bond acceptors (Lipinski definition) is 6. The molecular formula is C17H13N3OS3. The van der Waals surface area contributed by atoms with E-state index in [4.69, 9.17) is 0 Å². The quantitative estimate of drug-likeness (QED) is 0.624. The van der Waals surface area contributed by atoms with Crippen molar-refractivity contribution in [2.75, 3.05) is 10.0 Å². The first-order valence-corrected chi connectivity index (χ1v) is 9.95. The molecule has 0 spiro atoms. The molecule has 4 nitrogen and oxygen atoms in total. The number of thiazole rings is 1. The molecular weight excluding hydrogens is 358 g/mol. The third kappa shape index (κ3) is 3.28. The van der Waals surface area contributed by atoms with Gasteiger partial charge < -0.3 is 10.0 Å². The molecule has 1 aliphatic heterocycles. The van der Waals surface area contributed by atoms with E-state index in [0.717, 1.165) is 26.9 Å². The van der Waals surface area contributed by atoms with Crippen molar-refractivity contribution in [2.24, 2.45) is 0 Å². The molecule has 0 atom stereocenters. The molecule has 7 heteroatoms. The zero-order chi connectivity index (χ0) is 16.4. The van der Waals surface area contributed by atoms with Crippen LogP contribution in [0.15, 0.2) is 64.0 Å². The molecule has 1 amide bonds. The highest BCUT2D eigenvalue weighted by molar-refractivity contribution is 8.00. The number of amides is 1. The molecule has 3 aromatic rings. The van der Waals surface area contributed by atoms with Crippen molar-refractivity contribution in [1.29, 1.82) is 0 Å². The third-order valence-corrected chi connectivity index (χ3v) is 6.42. The summed E-state index contributed by atoms with van der Waals surface area (Å²) in [5, 5.41) is 3.01. The van der Waals surface area contributed by atoms with Gasteiger partial charge in [-0.1, -0.05) is 23.9 Å². The van der Waals surface area contributed by atoms with E-state index in [9.17, 15) is 4.79 Å². The predicted octanol–water partition coefficient (Wildman–Crippen LogP) is 5.12. The molecule has 2 aromatic carbocycles. The number of rotatable bonds is 4. The van der Waals surface area contributed by atoms with Crippen molar-refractivity contribution in [3.63, 3.8) is 0 Å². The fourth-order valence-corrected chi connectivity index (χ4v) is 4.76. The molecule has 24 heavy (non-hydrogen) atoms. The molecule has 0 radical (unpaired) electrons. The average Bonchev–Trinajstić information content (AvgIpc) is 3.06. The second-order valence-electron chi connectivity index (χ2n) is 5.12. The fraction of sp³-hybridized carbons (Fsp3) is 0.0588. The standard InChI is InChI=1S/C17H13N3OS3/c21-17-13-3-1-2-4-15(13)24-16-6-5-11(7-14(16)19-17)20-23-9-12-8-18-10-22-12/h1-8,10,20H,9H2,(H,19,21). The van der Waals surface area contributed by atoms with Crippen LogP contribution in [0.2, 0.25) is 0 Å². The number of fused-ring (bicyclic) bond motifs is 2. The molecule has 2 heterocycles. The van der Waals surface area contributed by atoms with Crippen molar-refractivity contribution in [1.82, 2.24) is 4.98 Å². The maximum atomic E-state index is 12.4. The molecule has 1 aliphatic rings. The number of carbonyl (C=O) groups is 1. The number of benzene rings is 2. The van der Waals surface area contributed by atoms with Gasteiger partial charge in [-0.15, -0.1) is 11.3 Å². The second-order valence-corrected chi connectivity index (χ2v) is 7.96. The summed E-state index contributed by atoms with van der Waals surface area (Å²) in [6.07, 6.45) is 1.88. The Bertz CT molecular complexity index is 881. The number of aromatic nitrogens is 1. The van der Waals surface area contributed by atoms with Crippen LogP contribution in [0.25, 0.3) is 0 Å². The Hall–Kier alpha value is -1.96. The van der Waals surface area contributed by atoms with Crippen LogP contribution in [0.3, 0.4) is 0 Å². The smallest absolute Gasteiger partial charge is 0.256 e. The van der Waals surface area contributed by atoms with Crippen molar-refractivity contribution in [3.8, 4) is 0 Å². The van der Waals surface area contributed by atoms with Gasteiger partial charge in [-0.05, 0) is 42.3 Å². The van der Waals surface area contributed by atoms with Gasteiger partial charge in [-0.2, -0.15) is 0 Å². The minimum Gasteiger partial charge on any atom is -0.329 e. The number of nitrogens with one attached hydrogen (secondary N) is 2. The Kier molecular flexibility index (Phi) is 4.46. The first-order chi connectivity index (χ1) is 11.8. The van der Waals surface area contributed by atoms with E-state index >= 15 is 0 Å². The van der Waals surface area contributed by atoms with E-state index in [-0.39, 0.29) is 5.91 Å². The lowest BCUT2D eigenvalue weighted by atomic mass is 10.2. The average molecular weight is 372 g/mol. The van der Waals surface area contributed by atoms with Crippen molar-refractivity contribution >= 4 is 52.3 Å². The van der Waals surface area contributed by atoms with E-state index in [1.165, 1.54) is 4.88 Å². The normalized spacial score (nSPS) is 12.8. The van der Waals surface area contributed by atoms with Gasteiger partial charge in [-0.3, -0.25) is 9.78 Å². The first kappa shape index (κ1) is 15.6. The van der Waals surface area contributed by atoms with E-state index < -0.39 is 0 Å². The lowest BCUT2D eigenvalue weighted by Crippen LogP contribution is -2.11. The van der Waals surface area contributed by atoms with E-state index in [1.54, 1.807) is 35.0 Å². The van der Waals surface area contributed by atoms with E-state index in [0.29, 0.717) is 5.56 Å². The van der Waals surface area contributed by atoms with Gasteiger partial charge in [0.1, 0.15) is 0 Å². The van der Waals surface area contributed by atoms with Crippen molar-refractivity contribution in [2.45, 2.75) is 15.5 Å². The Balaban J connectivity index is 1.51. The van der Waals surface area contributed by atoms with Crippen LogP contribution in [0, 0.1) is 0 Å². The number of anilines is 2. The highest BCUT2D eigenvalue weighted by atomic mass is 32.2. The summed E-state index contributed by atoms with van der Waals surface area (Å²) < 4.78 is 3.32. The molecule has 0 saturated heterocycles. The zero-order valence-corrected chi connectivity index (χ0v) is 14.9.